The topological polar surface area (TPSA) is 61.8 Å². The number of aromatic nitrogens is 3. The third-order valence-electron chi connectivity index (χ3n) is 1.57. The number of fused-ring (bicyclic) bond motifs is 1. The van der Waals surface area contributed by atoms with Crippen molar-refractivity contribution in [3.63, 3.8) is 0 Å². The Bertz CT molecular complexity index is 439. The highest BCUT2D eigenvalue weighted by molar-refractivity contribution is 6.51. The van der Waals surface area contributed by atoms with E-state index in [1.165, 1.54) is 0 Å². The summed E-state index contributed by atoms with van der Waals surface area (Å²) in [7, 11) is 0. The van der Waals surface area contributed by atoms with Crippen molar-refractivity contribution in [3.8, 4) is 5.75 Å². The molecule has 1 aromatic carbocycles. The van der Waals surface area contributed by atoms with E-state index >= 15 is 0 Å². The standard InChI is InChI=1S/C6H2Cl3N3O/c7-1-2(8)4-5(11-12-10-4)6(13)3(1)9/h13H,(H,10,11,12). The predicted octanol–water partition coefficient (Wildman–Crippen LogP) is 2.62. The van der Waals surface area contributed by atoms with Crippen molar-refractivity contribution in [1.82, 2.24) is 15.4 Å². The number of aromatic hydroxyl groups is 1. The van der Waals surface area contributed by atoms with Crippen LogP contribution in [0.1, 0.15) is 0 Å². The number of hydrogen-bond acceptors (Lipinski definition) is 3. The zero-order valence-corrected chi connectivity index (χ0v) is 8.24. The van der Waals surface area contributed by atoms with Crippen LogP contribution in [-0.4, -0.2) is 20.5 Å². The number of H-pyrrole nitrogens is 1. The van der Waals surface area contributed by atoms with Crippen LogP contribution in [0, 0.1) is 0 Å². The Kier molecular flexibility index (Phi) is 1.98. The number of nitrogens with zero attached hydrogens (tertiary/aromatic N) is 2. The minimum atomic E-state index is -0.222. The van der Waals surface area contributed by atoms with Gasteiger partial charge in [0, 0.05) is 0 Å². The second kappa shape index (κ2) is 2.90. The molecular formula is C6H2Cl3N3O. The average molecular weight is 238 g/mol. The van der Waals surface area contributed by atoms with Gasteiger partial charge in [0.05, 0.1) is 10.0 Å². The highest BCUT2D eigenvalue weighted by Gasteiger charge is 2.18. The van der Waals surface area contributed by atoms with E-state index in [1.54, 1.807) is 0 Å². The summed E-state index contributed by atoms with van der Waals surface area (Å²) in [6.07, 6.45) is 0. The Hall–Kier alpha value is -0.710. The van der Waals surface area contributed by atoms with Crippen LogP contribution in [0.25, 0.3) is 11.0 Å². The summed E-state index contributed by atoms with van der Waals surface area (Å²) in [6, 6.07) is 0. The first-order valence-electron chi connectivity index (χ1n) is 3.18. The monoisotopic (exact) mass is 237 g/mol. The van der Waals surface area contributed by atoms with E-state index in [4.69, 9.17) is 34.8 Å². The third-order valence-corrected chi connectivity index (χ3v) is 2.88. The molecule has 1 aromatic heterocycles. The molecule has 0 amide bonds. The molecule has 4 nitrogen and oxygen atoms in total. The van der Waals surface area contributed by atoms with Gasteiger partial charge in [-0.05, 0) is 0 Å². The molecule has 7 heteroatoms. The SMILES string of the molecule is Oc1c(Cl)c(Cl)c(Cl)c2n[nH]nc12. The van der Waals surface area contributed by atoms with Gasteiger partial charge in [-0.25, -0.2) is 0 Å². The smallest absolute Gasteiger partial charge is 0.165 e. The highest BCUT2D eigenvalue weighted by atomic mass is 35.5. The van der Waals surface area contributed by atoms with Crippen LogP contribution in [0.15, 0.2) is 0 Å². The summed E-state index contributed by atoms with van der Waals surface area (Å²) in [5.41, 5.74) is 0.507. The summed E-state index contributed by atoms with van der Waals surface area (Å²) >= 11 is 17.2. The summed E-state index contributed by atoms with van der Waals surface area (Å²) < 4.78 is 0. The maximum Gasteiger partial charge on any atom is 0.165 e. The van der Waals surface area contributed by atoms with E-state index < -0.39 is 0 Å². The lowest BCUT2D eigenvalue weighted by Crippen LogP contribution is -1.79. The molecule has 0 bridgehead atoms. The van der Waals surface area contributed by atoms with Crippen LogP contribution in [0.2, 0.25) is 15.1 Å². The molecule has 0 aliphatic rings. The van der Waals surface area contributed by atoms with Gasteiger partial charge >= 0.3 is 0 Å². The maximum absolute atomic E-state index is 9.45. The molecule has 0 spiro atoms. The van der Waals surface area contributed by atoms with Gasteiger partial charge in [0.2, 0.25) is 0 Å². The van der Waals surface area contributed by atoms with Crippen LogP contribution < -0.4 is 0 Å². The van der Waals surface area contributed by atoms with Gasteiger partial charge in [0.15, 0.2) is 11.3 Å². The number of benzene rings is 1. The van der Waals surface area contributed by atoms with Crippen LogP contribution in [-0.2, 0) is 0 Å². The third kappa shape index (κ3) is 1.14. The molecule has 13 heavy (non-hydrogen) atoms. The predicted molar refractivity (Wildman–Crippen MR) is 50.6 cm³/mol. The lowest BCUT2D eigenvalue weighted by Gasteiger charge is -2.01. The van der Waals surface area contributed by atoms with Gasteiger partial charge in [0.1, 0.15) is 10.5 Å². The first-order chi connectivity index (χ1) is 6.13. The molecule has 0 aliphatic heterocycles. The molecule has 0 saturated heterocycles. The number of aromatic amines is 1. The average Bonchev–Trinajstić information content (AvgIpc) is 2.59. The van der Waals surface area contributed by atoms with E-state index in [0.717, 1.165) is 0 Å². The second-order valence-electron chi connectivity index (χ2n) is 2.31. The molecule has 2 aromatic rings. The fourth-order valence-electron chi connectivity index (χ4n) is 0.957. The van der Waals surface area contributed by atoms with Gasteiger partial charge in [-0.2, -0.15) is 15.4 Å². The van der Waals surface area contributed by atoms with Crippen molar-refractivity contribution in [2.75, 3.05) is 0 Å². The van der Waals surface area contributed by atoms with E-state index in [1.807, 2.05) is 0 Å². The molecule has 68 valence electrons. The molecule has 0 saturated carbocycles. The van der Waals surface area contributed by atoms with Crippen molar-refractivity contribution < 1.29 is 5.11 Å². The first-order valence-corrected chi connectivity index (χ1v) is 4.32. The molecule has 0 radical (unpaired) electrons. The Morgan fingerprint density at radius 1 is 0.923 bits per heavy atom. The van der Waals surface area contributed by atoms with Crippen LogP contribution >= 0.6 is 34.8 Å². The van der Waals surface area contributed by atoms with Gasteiger partial charge in [-0.1, -0.05) is 34.8 Å². The quantitative estimate of drug-likeness (QED) is 0.694. The molecule has 2 rings (SSSR count). The molecule has 0 unspecified atom stereocenters. The van der Waals surface area contributed by atoms with Gasteiger partial charge < -0.3 is 5.11 Å². The van der Waals surface area contributed by atoms with E-state index in [0.29, 0.717) is 5.52 Å². The summed E-state index contributed by atoms with van der Waals surface area (Å²) in [4.78, 5) is 0. The highest BCUT2D eigenvalue weighted by Crippen LogP contribution is 2.42. The number of halogens is 3. The zero-order chi connectivity index (χ0) is 9.59. The van der Waals surface area contributed by atoms with Crippen molar-refractivity contribution in [3.05, 3.63) is 15.1 Å². The van der Waals surface area contributed by atoms with Gasteiger partial charge in [-0.3, -0.25) is 0 Å². The largest absolute Gasteiger partial charge is 0.504 e. The Balaban J connectivity index is 3.02. The molecule has 0 atom stereocenters. The molecular weight excluding hydrogens is 236 g/mol. The molecule has 2 N–H and O–H groups in total. The first kappa shape index (κ1) is 8.87. The number of phenols is 1. The minimum absolute atomic E-state index is 0.0203. The zero-order valence-electron chi connectivity index (χ0n) is 5.98. The van der Waals surface area contributed by atoms with Crippen molar-refractivity contribution in [2.24, 2.45) is 0 Å². The number of rotatable bonds is 0. The molecule has 0 aliphatic carbocycles. The van der Waals surface area contributed by atoms with E-state index in [9.17, 15) is 5.11 Å². The second-order valence-corrected chi connectivity index (χ2v) is 3.45. The van der Waals surface area contributed by atoms with E-state index in [2.05, 4.69) is 15.4 Å². The van der Waals surface area contributed by atoms with Crippen LogP contribution in [0.4, 0.5) is 0 Å². The van der Waals surface area contributed by atoms with Gasteiger partial charge in [-0.15, -0.1) is 0 Å². The van der Waals surface area contributed by atoms with Crippen LogP contribution in [0.3, 0.4) is 0 Å². The van der Waals surface area contributed by atoms with Crippen molar-refractivity contribution in [1.29, 1.82) is 0 Å². The Morgan fingerprint density at radius 3 is 2.23 bits per heavy atom. The Labute approximate surface area is 87.4 Å². The van der Waals surface area contributed by atoms with E-state index in [-0.39, 0.29) is 26.3 Å². The number of phenolic OH excluding ortho intramolecular Hbond substituents is 1. The lowest BCUT2D eigenvalue weighted by atomic mass is 10.3. The summed E-state index contributed by atoms with van der Waals surface area (Å²) in [5.74, 6) is -0.222. The van der Waals surface area contributed by atoms with Crippen molar-refractivity contribution >= 4 is 45.8 Å². The normalized spacial score (nSPS) is 11.0. The fraction of sp³-hybridized carbons (Fsp3) is 0. The Morgan fingerprint density at radius 2 is 1.54 bits per heavy atom. The maximum atomic E-state index is 9.45. The number of hydrogen-bond donors (Lipinski definition) is 2. The van der Waals surface area contributed by atoms with Crippen LogP contribution in [0.5, 0.6) is 5.75 Å². The minimum Gasteiger partial charge on any atom is -0.504 e. The molecule has 1 heterocycles. The van der Waals surface area contributed by atoms with Crippen molar-refractivity contribution in [2.45, 2.75) is 0 Å². The molecule has 0 fully saturated rings. The van der Waals surface area contributed by atoms with Gasteiger partial charge in [0.25, 0.3) is 0 Å². The number of nitrogens with one attached hydrogen (secondary N) is 1. The summed E-state index contributed by atoms with van der Waals surface area (Å²) in [6.45, 7) is 0. The lowest BCUT2D eigenvalue weighted by molar-refractivity contribution is 0.480. The summed E-state index contributed by atoms with van der Waals surface area (Å²) in [5, 5.41) is 19.4. The fourth-order valence-corrected chi connectivity index (χ4v) is 1.59.